The topological polar surface area (TPSA) is 86.6 Å². The third-order valence-electron chi connectivity index (χ3n) is 8.23. The van der Waals surface area contributed by atoms with Crippen molar-refractivity contribution in [3.63, 3.8) is 0 Å². The molecule has 0 amide bonds. The Kier molecular flexibility index (Phi) is 5.59. The molecule has 4 aromatic rings. The maximum atomic E-state index is 10.4. The molecule has 2 N–H and O–H groups in total. The molecule has 3 fully saturated rings. The maximum absolute atomic E-state index is 10.4. The molecule has 5 heterocycles. The molecule has 2 aromatic carbocycles. The van der Waals surface area contributed by atoms with Crippen LogP contribution in [0, 0.1) is 0 Å². The lowest BCUT2D eigenvalue weighted by molar-refractivity contribution is 0.188. The first-order chi connectivity index (χ1) is 18.1. The van der Waals surface area contributed by atoms with Crippen molar-refractivity contribution in [2.75, 3.05) is 38.2 Å². The Morgan fingerprint density at radius 2 is 1.81 bits per heavy atom. The monoisotopic (exact) mass is 496 g/mol. The van der Waals surface area contributed by atoms with Gasteiger partial charge in [0.25, 0.3) is 0 Å². The fraction of sp³-hybridized carbons (Fsp3) is 0.414. The van der Waals surface area contributed by atoms with Crippen molar-refractivity contribution in [2.45, 2.75) is 43.8 Å². The maximum Gasteiger partial charge on any atom is 0.320 e. The minimum absolute atomic E-state index is 0.222. The van der Waals surface area contributed by atoms with Gasteiger partial charge in [0.05, 0.1) is 11.1 Å². The number of aromatic nitrogens is 3. The van der Waals surface area contributed by atoms with Gasteiger partial charge in [-0.2, -0.15) is 9.97 Å². The van der Waals surface area contributed by atoms with Crippen molar-refractivity contribution < 1.29 is 9.84 Å². The van der Waals surface area contributed by atoms with Gasteiger partial charge < -0.3 is 25.0 Å². The lowest BCUT2D eigenvalue weighted by Gasteiger charge is -2.34. The zero-order chi connectivity index (χ0) is 24.9. The van der Waals surface area contributed by atoms with E-state index in [0.29, 0.717) is 36.4 Å². The zero-order valence-corrected chi connectivity index (χ0v) is 21.1. The molecule has 0 aliphatic carbocycles. The molecular formula is C29H32N6O2. The second-order valence-corrected chi connectivity index (χ2v) is 10.7. The third kappa shape index (κ3) is 4.24. The van der Waals surface area contributed by atoms with Gasteiger partial charge in [-0.05, 0) is 74.3 Å². The summed E-state index contributed by atoms with van der Waals surface area (Å²) in [6.07, 6.45) is 4.73. The summed E-state index contributed by atoms with van der Waals surface area (Å²) in [5.41, 5.74) is 2.27. The first-order valence-corrected chi connectivity index (χ1v) is 13.4. The Labute approximate surface area is 216 Å². The summed E-state index contributed by atoms with van der Waals surface area (Å²) in [7, 11) is 2.15. The molecule has 37 heavy (non-hydrogen) atoms. The van der Waals surface area contributed by atoms with Gasteiger partial charge in [-0.1, -0.05) is 24.3 Å². The van der Waals surface area contributed by atoms with Gasteiger partial charge in [-0.3, -0.25) is 0 Å². The van der Waals surface area contributed by atoms with Crippen LogP contribution in [0.4, 0.5) is 5.82 Å². The number of likely N-dealkylation sites (tertiary alicyclic amines) is 1. The minimum Gasteiger partial charge on any atom is -0.508 e. The van der Waals surface area contributed by atoms with Crippen LogP contribution < -0.4 is 15.0 Å². The van der Waals surface area contributed by atoms with Crippen molar-refractivity contribution in [1.29, 1.82) is 0 Å². The number of pyridine rings is 1. The molecule has 8 heteroatoms. The number of anilines is 1. The number of phenols is 1. The van der Waals surface area contributed by atoms with E-state index >= 15 is 0 Å². The van der Waals surface area contributed by atoms with Crippen molar-refractivity contribution in [3.8, 4) is 23.0 Å². The van der Waals surface area contributed by atoms with E-state index in [1.807, 2.05) is 24.3 Å². The van der Waals surface area contributed by atoms with Gasteiger partial charge >= 0.3 is 6.01 Å². The highest BCUT2D eigenvalue weighted by atomic mass is 16.5. The summed E-state index contributed by atoms with van der Waals surface area (Å²) >= 11 is 0. The number of hydrogen-bond acceptors (Lipinski definition) is 8. The average molecular weight is 497 g/mol. The number of nitrogens with zero attached hydrogens (tertiary/aromatic N) is 5. The number of aromatic hydroxyl groups is 1. The lowest BCUT2D eigenvalue weighted by atomic mass is 10.0. The van der Waals surface area contributed by atoms with Gasteiger partial charge in [0.15, 0.2) is 5.65 Å². The van der Waals surface area contributed by atoms with E-state index in [-0.39, 0.29) is 5.75 Å². The Balaban J connectivity index is 1.32. The molecule has 3 saturated heterocycles. The molecule has 7 rings (SSSR count). The lowest BCUT2D eigenvalue weighted by Crippen LogP contribution is -2.51. The first-order valence-electron chi connectivity index (χ1n) is 13.4. The number of ether oxygens (including phenoxy) is 1. The van der Waals surface area contributed by atoms with E-state index in [1.165, 1.54) is 19.3 Å². The van der Waals surface area contributed by atoms with Crippen LogP contribution in [0.1, 0.15) is 25.7 Å². The minimum atomic E-state index is 0.222. The van der Waals surface area contributed by atoms with Gasteiger partial charge in [0.2, 0.25) is 0 Å². The summed E-state index contributed by atoms with van der Waals surface area (Å²) < 4.78 is 6.22. The first kappa shape index (κ1) is 22.7. The second-order valence-electron chi connectivity index (χ2n) is 10.7. The highest BCUT2D eigenvalue weighted by Gasteiger charge is 2.34. The molecule has 0 radical (unpaired) electrons. The number of piperazine rings is 1. The average Bonchev–Trinajstić information content (AvgIpc) is 3.49. The summed E-state index contributed by atoms with van der Waals surface area (Å²) in [5, 5.41) is 17.1. The molecule has 3 atom stereocenters. The highest BCUT2D eigenvalue weighted by molar-refractivity contribution is 5.98. The SMILES string of the molecule is CN1CCCC1COc1nc(N2CC3CCC(C2)N3)c2ccc(-c3cc(O)cc4ccccc34)nc2n1. The Hall–Kier alpha value is -3.49. The van der Waals surface area contributed by atoms with Crippen molar-refractivity contribution >= 4 is 27.6 Å². The number of rotatable bonds is 5. The molecule has 0 saturated carbocycles. The predicted molar refractivity (Wildman–Crippen MR) is 145 cm³/mol. The summed E-state index contributed by atoms with van der Waals surface area (Å²) in [4.78, 5) is 19.5. The molecule has 3 aliphatic heterocycles. The Morgan fingerprint density at radius 3 is 2.62 bits per heavy atom. The van der Waals surface area contributed by atoms with Gasteiger partial charge in [-0.15, -0.1) is 0 Å². The molecule has 2 bridgehead atoms. The van der Waals surface area contributed by atoms with Crippen LogP contribution in [0.3, 0.4) is 0 Å². The van der Waals surface area contributed by atoms with E-state index < -0.39 is 0 Å². The van der Waals surface area contributed by atoms with Crippen LogP contribution in [0.15, 0.2) is 48.5 Å². The fourth-order valence-electron chi connectivity index (χ4n) is 6.27. The molecule has 3 unspecified atom stereocenters. The van der Waals surface area contributed by atoms with Gasteiger partial charge in [-0.25, -0.2) is 4.98 Å². The number of benzene rings is 2. The zero-order valence-electron chi connectivity index (χ0n) is 21.1. The summed E-state index contributed by atoms with van der Waals surface area (Å²) in [6, 6.07) is 17.5. The largest absolute Gasteiger partial charge is 0.508 e. The number of fused-ring (bicyclic) bond motifs is 4. The van der Waals surface area contributed by atoms with E-state index in [1.54, 1.807) is 12.1 Å². The smallest absolute Gasteiger partial charge is 0.320 e. The summed E-state index contributed by atoms with van der Waals surface area (Å²) in [6.45, 7) is 3.52. The van der Waals surface area contributed by atoms with Crippen molar-refractivity contribution in [1.82, 2.24) is 25.2 Å². The normalized spacial score (nSPS) is 23.8. The number of nitrogens with one attached hydrogen (secondary N) is 1. The second kappa shape index (κ2) is 9.11. The Bertz CT molecular complexity index is 1460. The van der Waals surface area contributed by atoms with Gasteiger partial charge in [0.1, 0.15) is 18.2 Å². The van der Waals surface area contributed by atoms with E-state index in [2.05, 4.69) is 34.3 Å². The van der Waals surface area contributed by atoms with E-state index in [0.717, 1.165) is 59.3 Å². The van der Waals surface area contributed by atoms with Crippen LogP contribution in [0.25, 0.3) is 33.1 Å². The number of likely N-dealkylation sites (N-methyl/N-ethyl adjacent to an activating group) is 1. The van der Waals surface area contributed by atoms with E-state index in [9.17, 15) is 5.11 Å². The molecule has 2 aromatic heterocycles. The van der Waals surface area contributed by atoms with Crippen LogP contribution >= 0.6 is 0 Å². The van der Waals surface area contributed by atoms with Gasteiger partial charge in [0, 0.05) is 36.8 Å². The number of phenolic OH excluding ortho intramolecular Hbond substituents is 1. The quantitative estimate of drug-likeness (QED) is 0.429. The van der Waals surface area contributed by atoms with Crippen LogP contribution in [-0.4, -0.2) is 76.4 Å². The molecule has 190 valence electrons. The molecular weight excluding hydrogens is 464 g/mol. The molecule has 3 aliphatic rings. The summed E-state index contributed by atoms with van der Waals surface area (Å²) in [5.74, 6) is 1.12. The highest BCUT2D eigenvalue weighted by Crippen LogP contribution is 2.35. The van der Waals surface area contributed by atoms with Crippen molar-refractivity contribution in [3.05, 3.63) is 48.5 Å². The predicted octanol–water partition coefficient (Wildman–Crippen LogP) is 3.96. The van der Waals surface area contributed by atoms with Crippen LogP contribution in [0.2, 0.25) is 0 Å². The third-order valence-corrected chi connectivity index (χ3v) is 8.23. The fourth-order valence-corrected chi connectivity index (χ4v) is 6.27. The van der Waals surface area contributed by atoms with Crippen molar-refractivity contribution in [2.24, 2.45) is 0 Å². The Morgan fingerprint density at radius 1 is 0.973 bits per heavy atom. The number of hydrogen-bond donors (Lipinski definition) is 2. The standard InChI is InChI=1S/C29H32N6O2/c1-34-12-4-6-21(34)17-37-29-32-27-24(28(33-29)35-15-19-8-9-20(16-35)30-19)10-11-26(31-27)25-14-22(36)13-18-5-2-3-7-23(18)25/h2-3,5,7,10-11,13-14,19-21,30,36H,4,6,8-9,12,15-17H2,1H3. The van der Waals surface area contributed by atoms with Crippen LogP contribution in [0.5, 0.6) is 11.8 Å². The molecule has 0 spiro atoms. The van der Waals surface area contributed by atoms with Crippen LogP contribution in [-0.2, 0) is 0 Å². The molecule has 8 nitrogen and oxygen atoms in total. The van der Waals surface area contributed by atoms with E-state index in [4.69, 9.17) is 19.7 Å².